The standard InChI is InChI=1S/C12H14N4O2/c1-8-5-10(15(2)14-8)12(17)16-4-3-11-9(7-16)6-13-18-11/h5-6H,3-4,7H2,1-2H3. The number of carbonyl (C=O) groups excluding carboxylic acids is 1. The van der Waals surface area contributed by atoms with Crippen LogP contribution in [0.5, 0.6) is 0 Å². The van der Waals surface area contributed by atoms with Gasteiger partial charge in [0.2, 0.25) is 0 Å². The molecule has 3 rings (SSSR count). The molecule has 0 unspecified atom stereocenters. The smallest absolute Gasteiger partial charge is 0.272 e. The second-order valence-electron chi connectivity index (χ2n) is 4.55. The summed E-state index contributed by atoms with van der Waals surface area (Å²) in [6.45, 7) is 3.10. The molecule has 18 heavy (non-hydrogen) atoms. The third kappa shape index (κ3) is 1.70. The van der Waals surface area contributed by atoms with E-state index in [4.69, 9.17) is 4.52 Å². The third-order valence-corrected chi connectivity index (χ3v) is 3.21. The molecule has 1 amide bonds. The molecule has 0 saturated heterocycles. The van der Waals surface area contributed by atoms with E-state index in [1.54, 1.807) is 22.8 Å². The van der Waals surface area contributed by atoms with Crippen molar-refractivity contribution in [3.8, 4) is 0 Å². The lowest BCUT2D eigenvalue weighted by Gasteiger charge is -2.25. The lowest BCUT2D eigenvalue weighted by atomic mass is 10.1. The van der Waals surface area contributed by atoms with Gasteiger partial charge in [-0.3, -0.25) is 9.48 Å². The number of hydrogen-bond acceptors (Lipinski definition) is 4. The van der Waals surface area contributed by atoms with E-state index in [0.717, 1.165) is 23.4 Å². The van der Waals surface area contributed by atoms with Crippen molar-refractivity contribution in [1.29, 1.82) is 0 Å². The van der Waals surface area contributed by atoms with Crippen molar-refractivity contribution in [2.45, 2.75) is 19.9 Å². The molecule has 1 aliphatic rings. The van der Waals surface area contributed by atoms with Crippen LogP contribution in [0.3, 0.4) is 0 Å². The van der Waals surface area contributed by atoms with E-state index in [2.05, 4.69) is 10.3 Å². The predicted molar refractivity (Wildman–Crippen MR) is 62.9 cm³/mol. The molecule has 1 aliphatic heterocycles. The second kappa shape index (κ2) is 3.97. The zero-order valence-corrected chi connectivity index (χ0v) is 10.4. The molecule has 2 aromatic rings. The summed E-state index contributed by atoms with van der Waals surface area (Å²) >= 11 is 0. The first-order valence-corrected chi connectivity index (χ1v) is 5.87. The Morgan fingerprint density at radius 3 is 3.06 bits per heavy atom. The van der Waals surface area contributed by atoms with E-state index in [0.29, 0.717) is 18.8 Å². The fourth-order valence-electron chi connectivity index (χ4n) is 2.29. The summed E-state index contributed by atoms with van der Waals surface area (Å²) in [5.74, 6) is 0.894. The summed E-state index contributed by atoms with van der Waals surface area (Å²) in [4.78, 5) is 14.2. The predicted octanol–water partition coefficient (Wildman–Crippen LogP) is 0.915. The summed E-state index contributed by atoms with van der Waals surface area (Å²) in [5, 5.41) is 7.96. The maximum absolute atomic E-state index is 12.4. The molecule has 0 spiro atoms. The van der Waals surface area contributed by atoms with Gasteiger partial charge < -0.3 is 9.42 Å². The average molecular weight is 246 g/mol. The van der Waals surface area contributed by atoms with Crippen LogP contribution in [0, 0.1) is 6.92 Å². The molecule has 0 fully saturated rings. The van der Waals surface area contributed by atoms with Crippen molar-refractivity contribution in [1.82, 2.24) is 19.8 Å². The number of nitrogens with zero attached hydrogens (tertiary/aromatic N) is 4. The molecule has 0 atom stereocenters. The molecule has 6 heteroatoms. The number of amides is 1. The number of fused-ring (bicyclic) bond motifs is 1. The van der Waals surface area contributed by atoms with Gasteiger partial charge in [-0.2, -0.15) is 5.10 Å². The molecule has 0 aromatic carbocycles. The van der Waals surface area contributed by atoms with Gasteiger partial charge in [-0.1, -0.05) is 5.16 Å². The summed E-state index contributed by atoms with van der Waals surface area (Å²) in [6, 6.07) is 1.81. The van der Waals surface area contributed by atoms with Crippen LogP contribution in [-0.2, 0) is 20.0 Å². The fourth-order valence-corrected chi connectivity index (χ4v) is 2.29. The largest absolute Gasteiger partial charge is 0.361 e. The lowest BCUT2D eigenvalue weighted by molar-refractivity contribution is 0.0717. The minimum Gasteiger partial charge on any atom is -0.361 e. The van der Waals surface area contributed by atoms with Crippen LogP contribution in [0.2, 0.25) is 0 Å². The maximum Gasteiger partial charge on any atom is 0.272 e. The average Bonchev–Trinajstić information content (AvgIpc) is 2.93. The van der Waals surface area contributed by atoms with Crippen LogP contribution in [0.4, 0.5) is 0 Å². The van der Waals surface area contributed by atoms with Gasteiger partial charge in [0.05, 0.1) is 18.4 Å². The first-order valence-electron chi connectivity index (χ1n) is 5.87. The van der Waals surface area contributed by atoms with Gasteiger partial charge in [0.25, 0.3) is 5.91 Å². The van der Waals surface area contributed by atoms with Crippen LogP contribution < -0.4 is 0 Å². The van der Waals surface area contributed by atoms with Crippen LogP contribution in [0.25, 0.3) is 0 Å². The molecule has 2 aromatic heterocycles. The molecule has 0 N–H and O–H groups in total. The van der Waals surface area contributed by atoms with Crippen molar-refractivity contribution in [2.24, 2.45) is 7.05 Å². The quantitative estimate of drug-likeness (QED) is 0.750. The van der Waals surface area contributed by atoms with E-state index in [-0.39, 0.29) is 5.91 Å². The van der Waals surface area contributed by atoms with Gasteiger partial charge in [0.1, 0.15) is 11.5 Å². The SMILES string of the molecule is Cc1cc(C(=O)N2CCc3oncc3C2)n(C)n1. The van der Waals surface area contributed by atoms with Crippen LogP contribution in [-0.4, -0.2) is 32.3 Å². The Kier molecular flexibility index (Phi) is 2.43. The number of hydrogen-bond donors (Lipinski definition) is 0. The normalized spacial score (nSPS) is 14.7. The Bertz CT molecular complexity index is 599. The highest BCUT2D eigenvalue weighted by molar-refractivity contribution is 5.92. The number of aryl methyl sites for hydroxylation is 2. The van der Waals surface area contributed by atoms with Gasteiger partial charge in [-0.15, -0.1) is 0 Å². The Hall–Kier alpha value is -2.11. The maximum atomic E-state index is 12.4. The summed E-state index contributed by atoms with van der Waals surface area (Å²) < 4.78 is 6.74. The molecule has 0 aliphatic carbocycles. The molecule has 6 nitrogen and oxygen atoms in total. The van der Waals surface area contributed by atoms with E-state index >= 15 is 0 Å². The molecular formula is C12H14N4O2. The fraction of sp³-hybridized carbons (Fsp3) is 0.417. The number of carbonyl (C=O) groups is 1. The zero-order valence-electron chi connectivity index (χ0n) is 10.4. The second-order valence-corrected chi connectivity index (χ2v) is 4.55. The molecular weight excluding hydrogens is 232 g/mol. The van der Waals surface area contributed by atoms with E-state index in [9.17, 15) is 4.79 Å². The van der Waals surface area contributed by atoms with E-state index in [1.807, 2.05) is 13.0 Å². The Balaban J connectivity index is 1.85. The van der Waals surface area contributed by atoms with Crippen molar-refractivity contribution in [3.63, 3.8) is 0 Å². The highest BCUT2D eigenvalue weighted by Crippen LogP contribution is 2.20. The van der Waals surface area contributed by atoms with Crippen LogP contribution in [0.1, 0.15) is 27.5 Å². The third-order valence-electron chi connectivity index (χ3n) is 3.21. The molecule has 0 bridgehead atoms. The van der Waals surface area contributed by atoms with E-state index in [1.165, 1.54) is 0 Å². The summed E-state index contributed by atoms with van der Waals surface area (Å²) in [6.07, 6.45) is 2.40. The minimum absolute atomic E-state index is 0.00458. The van der Waals surface area contributed by atoms with Gasteiger partial charge >= 0.3 is 0 Å². The molecule has 3 heterocycles. The first kappa shape index (κ1) is 11.0. The molecule has 0 radical (unpaired) electrons. The van der Waals surface area contributed by atoms with E-state index < -0.39 is 0 Å². The van der Waals surface area contributed by atoms with Crippen molar-refractivity contribution in [2.75, 3.05) is 6.54 Å². The summed E-state index contributed by atoms with van der Waals surface area (Å²) in [5.41, 5.74) is 2.46. The highest BCUT2D eigenvalue weighted by atomic mass is 16.5. The first-order chi connectivity index (χ1) is 8.65. The highest BCUT2D eigenvalue weighted by Gasteiger charge is 2.26. The molecule has 0 saturated carbocycles. The van der Waals surface area contributed by atoms with Crippen molar-refractivity contribution >= 4 is 5.91 Å². The Morgan fingerprint density at radius 1 is 1.50 bits per heavy atom. The number of rotatable bonds is 1. The van der Waals surface area contributed by atoms with Gasteiger partial charge in [-0.25, -0.2) is 0 Å². The number of aromatic nitrogens is 3. The Labute approximate surface area is 104 Å². The summed E-state index contributed by atoms with van der Waals surface area (Å²) in [7, 11) is 1.79. The van der Waals surface area contributed by atoms with Gasteiger partial charge in [0, 0.05) is 25.6 Å². The van der Waals surface area contributed by atoms with Crippen molar-refractivity contribution in [3.05, 3.63) is 35.0 Å². The van der Waals surface area contributed by atoms with Crippen molar-refractivity contribution < 1.29 is 9.32 Å². The minimum atomic E-state index is 0.00458. The lowest BCUT2D eigenvalue weighted by Crippen LogP contribution is -2.36. The van der Waals surface area contributed by atoms with Gasteiger partial charge in [0.15, 0.2) is 0 Å². The topological polar surface area (TPSA) is 64.2 Å². The van der Waals surface area contributed by atoms with Crippen LogP contribution in [0.15, 0.2) is 16.8 Å². The zero-order chi connectivity index (χ0) is 12.7. The van der Waals surface area contributed by atoms with Crippen LogP contribution >= 0.6 is 0 Å². The Morgan fingerprint density at radius 2 is 2.33 bits per heavy atom. The monoisotopic (exact) mass is 246 g/mol. The molecule has 94 valence electrons. The van der Waals surface area contributed by atoms with Gasteiger partial charge in [-0.05, 0) is 13.0 Å².